The summed E-state index contributed by atoms with van der Waals surface area (Å²) >= 11 is 0. The van der Waals surface area contributed by atoms with Crippen LogP contribution in [0.3, 0.4) is 0 Å². The first-order valence-electron chi connectivity index (χ1n) is 10.1. The van der Waals surface area contributed by atoms with Crippen molar-refractivity contribution < 1.29 is 0 Å². The normalized spacial score (nSPS) is 19.1. The van der Waals surface area contributed by atoms with E-state index in [0.29, 0.717) is 5.65 Å². The summed E-state index contributed by atoms with van der Waals surface area (Å²) in [5, 5.41) is 13.4. The second-order valence-corrected chi connectivity index (χ2v) is 7.66. The van der Waals surface area contributed by atoms with E-state index in [0.717, 1.165) is 48.1 Å². The van der Waals surface area contributed by atoms with Crippen LogP contribution in [0.25, 0.3) is 22.3 Å². The molecule has 0 amide bonds. The Balaban J connectivity index is 1.31. The molecular weight excluding hydrogens is 380 g/mol. The predicted molar refractivity (Wildman–Crippen MR) is 113 cm³/mol. The van der Waals surface area contributed by atoms with Crippen LogP contribution in [0.1, 0.15) is 31.7 Å². The number of fused-ring (bicyclic) bond motifs is 1. The number of hydrogen-bond donors (Lipinski definition) is 1. The molecule has 4 aromatic heterocycles. The SMILES string of the molecule is Cn1cc2c(NC3CCC(n4nc(-c5cccnc5)ccc4=O)CC3)ncnc2n1. The molecule has 0 atom stereocenters. The summed E-state index contributed by atoms with van der Waals surface area (Å²) < 4.78 is 3.39. The first-order chi connectivity index (χ1) is 14.7. The van der Waals surface area contributed by atoms with Crippen LogP contribution >= 0.6 is 0 Å². The Kier molecular flexibility index (Phi) is 4.70. The average molecular weight is 402 g/mol. The number of nitrogens with one attached hydrogen (secondary N) is 1. The summed E-state index contributed by atoms with van der Waals surface area (Å²) in [6.45, 7) is 0. The van der Waals surface area contributed by atoms with E-state index in [1.54, 1.807) is 33.9 Å². The van der Waals surface area contributed by atoms with Crippen molar-refractivity contribution in [3.63, 3.8) is 0 Å². The van der Waals surface area contributed by atoms with Gasteiger partial charge in [0, 0.05) is 43.3 Å². The molecule has 9 nitrogen and oxygen atoms in total. The lowest BCUT2D eigenvalue weighted by Crippen LogP contribution is -2.33. The van der Waals surface area contributed by atoms with Crippen molar-refractivity contribution in [2.75, 3.05) is 5.32 Å². The zero-order valence-electron chi connectivity index (χ0n) is 16.6. The smallest absolute Gasteiger partial charge is 0.267 e. The number of pyridine rings is 1. The molecule has 0 radical (unpaired) electrons. The minimum Gasteiger partial charge on any atom is -0.367 e. The molecule has 30 heavy (non-hydrogen) atoms. The molecule has 5 rings (SSSR count). The van der Waals surface area contributed by atoms with E-state index in [-0.39, 0.29) is 17.6 Å². The quantitative estimate of drug-likeness (QED) is 0.559. The van der Waals surface area contributed by atoms with Gasteiger partial charge in [-0.2, -0.15) is 10.2 Å². The van der Waals surface area contributed by atoms with Crippen LogP contribution < -0.4 is 10.9 Å². The molecule has 4 heterocycles. The molecule has 1 aliphatic rings. The highest BCUT2D eigenvalue weighted by molar-refractivity contribution is 5.85. The van der Waals surface area contributed by atoms with Gasteiger partial charge in [-0.3, -0.25) is 14.5 Å². The molecule has 9 heteroatoms. The Morgan fingerprint density at radius 2 is 1.93 bits per heavy atom. The minimum absolute atomic E-state index is 0.0630. The maximum absolute atomic E-state index is 12.5. The summed E-state index contributed by atoms with van der Waals surface area (Å²) in [4.78, 5) is 25.2. The number of aromatic nitrogens is 7. The van der Waals surface area contributed by atoms with Crippen molar-refractivity contribution in [1.29, 1.82) is 0 Å². The monoisotopic (exact) mass is 402 g/mol. The van der Waals surface area contributed by atoms with Crippen LogP contribution in [-0.2, 0) is 7.05 Å². The summed E-state index contributed by atoms with van der Waals surface area (Å²) in [6.07, 6.45) is 10.6. The Hall–Kier alpha value is -3.62. The van der Waals surface area contributed by atoms with Crippen molar-refractivity contribution in [1.82, 2.24) is 34.5 Å². The van der Waals surface area contributed by atoms with Crippen LogP contribution in [-0.4, -0.2) is 40.6 Å². The van der Waals surface area contributed by atoms with Crippen molar-refractivity contribution in [2.24, 2.45) is 7.05 Å². The molecule has 0 spiro atoms. The van der Waals surface area contributed by atoms with E-state index < -0.39 is 0 Å². The average Bonchev–Trinajstić information content (AvgIpc) is 3.17. The summed E-state index contributed by atoms with van der Waals surface area (Å²) in [6, 6.07) is 7.56. The van der Waals surface area contributed by atoms with Gasteiger partial charge < -0.3 is 5.32 Å². The first kappa shape index (κ1) is 18.4. The third kappa shape index (κ3) is 3.54. The molecule has 1 N–H and O–H groups in total. The molecule has 0 aromatic carbocycles. The van der Waals surface area contributed by atoms with Gasteiger partial charge in [-0.1, -0.05) is 0 Å². The van der Waals surface area contributed by atoms with E-state index in [1.165, 1.54) is 6.33 Å². The van der Waals surface area contributed by atoms with Gasteiger partial charge in [0.15, 0.2) is 5.65 Å². The van der Waals surface area contributed by atoms with Gasteiger partial charge in [-0.15, -0.1) is 0 Å². The maximum atomic E-state index is 12.5. The van der Waals surface area contributed by atoms with Gasteiger partial charge in [-0.05, 0) is 43.9 Å². The van der Waals surface area contributed by atoms with Crippen LogP contribution in [0.15, 0.2) is 54.0 Å². The second kappa shape index (κ2) is 7.66. The Labute approximate surface area is 172 Å². The van der Waals surface area contributed by atoms with Crippen molar-refractivity contribution >= 4 is 16.9 Å². The Morgan fingerprint density at radius 3 is 2.73 bits per heavy atom. The van der Waals surface area contributed by atoms with Gasteiger partial charge in [-0.25, -0.2) is 14.6 Å². The van der Waals surface area contributed by atoms with Crippen LogP contribution in [0.2, 0.25) is 0 Å². The third-order valence-electron chi connectivity index (χ3n) is 5.60. The lowest BCUT2D eigenvalue weighted by molar-refractivity contribution is 0.304. The van der Waals surface area contributed by atoms with Gasteiger partial charge in [0.1, 0.15) is 12.1 Å². The third-order valence-corrected chi connectivity index (χ3v) is 5.60. The van der Waals surface area contributed by atoms with E-state index in [9.17, 15) is 4.79 Å². The fourth-order valence-corrected chi connectivity index (χ4v) is 4.08. The summed E-state index contributed by atoms with van der Waals surface area (Å²) in [5.41, 5.74) is 2.30. The first-order valence-corrected chi connectivity index (χ1v) is 10.1. The number of anilines is 1. The fourth-order valence-electron chi connectivity index (χ4n) is 4.08. The van der Waals surface area contributed by atoms with Gasteiger partial charge in [0.05, 0.1) is 17.1 Å². The highest BCUT2D eigenvalue weighted by Crippen LogP contribution is 2.30. The summed E-state index contributed by atoms with van der Waals surface area (Å²) in [7, 11) is 1.88. The van der Waals surface area contributed by atoms with Crippen LogP contribution in [0.5, 0.6) is 0 Å². The fraction of sp³-hybridized carbons (Fsp3) is 0.333. The zero-order chi connectivity index (χ0) is 20.5. The van der Waals surface area contributed by atoms with Gasteiger partial charge in [0.2, 0.25) is 0 Å². The molecule has 1 fully saturated rings. The minimum atomic E-state index is -0.0630. The molecule has 1 saturated carbocycles. The molecular formula is C21H22N8O. The van der Waals surface area contributed by atoms with Crippen LogP contribution in [0.4, 0.5) is 5.82 Å². The van der Waals surface area contributed by atoms with E-state index >= 15 is 0 Å². The van der Waals surface area contributed by atoms with E-state index in [1.807, 2.05) is 25.4 Å². The topological polar surface area (TPSA) is 103 Å². The standard InChI is InChI=1S/C21H22N8O/c1-28-12-17-20(23-13-24-21(17)27-28)25-15-4-6-16(7-5-15)29-19(30)9-8-18(26-29)14-3-2-10-22-11-14/h2-3,8-13,15-16H,4-7H2,1H3,(H,23,24,25,27). The van der Waals surface area contributed by atoms with Crippen molar-refractivity contribution in [3.05, 3.63) is 59.5 Å². The molecule has 0 unspecified atom stereocenters. The maximum Gasteiger partial charge on any atom is 0.267 e. The zero-order valence-corrected chi connectivity index (χ0v) is 16.6. The number of rotatable bonds is 4. The molecule has 0 bridgehead atoms. The lowest BCUT2D eigenvalue weighted by atomic mass is 9.91. The van der Waals surface area contributed by atoms with Gasteiger partial charge >= 0.3 is 0 Å². The number of aryl methyl sites for hydroxylation is 1. The van der Waals surface area contributed by atoms with E-state index in [4.69, 9.17) is 0 Å². The van der Waals surface area contributed by atoms with Crippen molar-refractivity contribution in [3.8, 4) is 11.3 Å². The Bertz CT molecular complexity index is 1220. The Morgan fingerprint density at radius 1 is 1.07 bits per heavy atom. The second-order valence-electron chi connectivity index (χ2n) is 7.66. The van der Waals surface area contributed by atoms with Crippen molar-refractivity contribution in [2.45, 2.75) is 37.8 Å². The highest BCUT2D eigenvalue weighted by Gasteiger charge is 2.25. The largest absolute Gasteiger partial charge is 0.367 e. The molecule has 1 aliphatic carbocycles. The van der Waals surface area contributed by atoms with Crippen LogP contribution in [0, 0.1) is 0 Å². The molecule has 4 aromatic rings. The molecule has 0 aliphatic heterocycles. The highest BCUT2D eigenvalue weighted by atomic mass is 16.1. The molecule has 152 valence electrons. The number of nitrogens with zero attached hydrogens (tertiary/aromatic N) is 7. The number of hydrogen-bond acceptors (Lipinski definition) is 7. The molecule has 0 saturated heterocycles. The predicted octanol–water partition coefficient (Wildman–Crippen LogP) is 2.58. The lowest BCUT2D eigenvalue weighted by Gasteiger charge is -2.30. The summed E-state index contributed by atoms with van der Waals surface area (Å²) in [5.74, 6) is 0.811. The van der Waals surface area contributed by atoms with E-state index in [2.05, 4.69) is 30.5 Å². The van der Waals surface area contributed by atoms with Gasteiger partial charge in [0.25, 0.3) is 5.56 Å².